The second-order valence-corrected chi connectivity index (χ2v) is 10.9. The Balaban J connectivity index is 2.59. The van der Waals surface area contributed by atoms with E-state index in [0.717, 1.165) is 0 Å². The Labute approximate surface area is 214 Å². The van der Waals surface area contributed by atoms with Gasteiger partial charge in [0.2, 0.25) is 11.8 Å². The predicted molar refractivity (Wildman–Crippen MR) is 137 cm³/mol. The predicted octanol–water partition coefficient (Wildman–Crippen LogP) is 2.72. The summed E-state index contributed by atoms with van der Waals surface area (Å²) in [4.78, 5) is 74.1. The second-order valence-electron chi connectivity index (χ2n) is 10.9. The average molecular weight is 506 g/mol. The maximum absolute atomic E-state index is 13.1. The molecule has 9 heteroatoms. The lowest BCUT2D eigenvalue weighted by Gasteiger charge is -2.28. The van der Waals surface area contributed by atoms with Crippen molar-refractivity contribution in [3.63, 3.8) is 0 Å². The normalized spacial score (nSPS) is 15.2. The summed E-state index contributed by atoms with van der Waals surface area (Å²) < 4.78 is 0. The van der Waals surface area contributed by atoms with E-state index in [-0.39, 0.29) is 47.5 Å². The molecule has 202 valence electrons. The molecule has 0 aromatic heterocycles. The van der Waals surface area contributed by atoms with Crippen LogP contribution in [0.5, 0.6) is 0 Å². The molecule has 36 heavy (non-hydrogen) atoms. The molecule has 2 atom stereocenters. The zero-order valence-corrected chi connectivity index (χ0v) is 22.6. The number of hydrogen-bond acceptors (Lipinski definition) is 6. The van der Waals surface area contributed by atoms with E-state index in [0.29, 0.717) is 51.6 Å². The number of amides is 4. The Morgan fingerprint density at radius 2 is 1.56 bits per heavy atom. The highest BCUT2D eigenvalue weighted by atomic mass is 16.2. The van der Waals surface area contributed by atoms with E-state index >= 15 is 0 Å². The monoisotopic (exact) mass is 505 g/mol. The van der Waals surface area contributed by atoms with Crippen molar-refractivity contribution in [2.24, 2.45) is 17.3 Å². The number of nitrogens with one attached hydrogen (secondary N) is 2. The molecule has 0 aliphatic carbocycles. The Kier molecular flexibility index (Phi) is 12.7. The SMILES string of the molecule is CC(=O)NCCC[C@H](NC(=O)[C@@H](CC(=O)CCCCCN1C(=O)C=CC1=O)C(C)C)C(=O)C(C)(C)C. The van der Waals surface area contributed by atoms with Gasteiger partial charge in [0.1, 0.15) is 5.78 Å². The van der Waals surface area contributed by atoms with Crippen LogP contribution in [0.25, 0.3) is 0 Å². The number of ketones is 2. The van der Waals surface area contributed by atoms with Gasteiger partial charge in [0.15, 0.2) is 5.78 Å². The summed E-state index contributed by atoms with van der Waals surface area (Å²) in [6.45, 7) is 11.4. The van der Waals surface area contributed by atoms with Crippen molar-refractivity contribution < 1.29 is 28.8 Å². The number of nitrogens with zero attached hydrogens (tertiary/aromatic N) is 1. The first kappa shape index (κ1) is 31.2. The van der Waals surface area contributed by atoms with E-state index in [9.17, 15) is 28.8 Å². The van der Waals surface area contributed by atoms with Gasteiger partial charge in [-0.2, -0.15) is 0 Å². The van der Waals surface area contributed by atoms with Crippen LogP contribution < -0.4 is 10.6 Å². The number of imide groups is 1. The topological polar surface area (TPSA) is 130 Å². The number of hydrogen-bond donors (Lipinski definition) is 2. The van der Waals surface area contributed by atoms with Crippen molar-refractivity contribution in [2.45, 2.75) is 92.5 Å². The Morgan fingerprint density at radius 3 is 2.08 bits per heavy atom. The van der Waals surface area contributed by atoms with Crippen molar-refractivity contribution in [3.8, 4) is 0 Å². The summed E-state index contributed by atoms with van der Waals surface area (Å²) in [7, 11) is 0. The van der Waals surface area contributed by atoms with Gasteiger partial charge in [-0.05, 0) is 31.6 Å². The number of unbranched alkanes of at least 4 members (excludes halogenated alkanes) is 2. The molecule has 0 saturated heterocycles. The van der Waals surface area contributed by atoms with Crippen molar-refractivity contribution in [1.29, 1.82) is 0 Å². The minimum absolute atomic E-state index is 0.0248. The highest BCUT2D eigenvalue weighted by molar-refractivity contribution is 6.12. The zero-order chi connectivity index (χ0) is 27.5. The lowest BCUT2D eigenvalue weighted by Crippen LogP contribution is -2.48. The van der Waals surface area contributed by atoms with Crippen LogP contribution in [0.3, 0.4) is 0 Å². The van der Waals surface area contributed by atoms with Crippen LogP contribution >= 0.6 is 0 Å². The van der Waals surface area contributed by atoms with E-state index in [1.54, 1.807) is 20.8 Å². The van der Waals surface area contributed by atoms with Gasteiger partial charge in [0.05, 0.1) is 6.04 Å². The van der Waals surface area contributed by atoms with Crippen LogP contribution in [0.2, 0.25) is 0 Å². The van der Waals surface area contributed by atoms with Gasteiger partial charge < -0.3 is 10.6 Å². The van der Waals surface area contributed by atoms with Crippen LogP contribution in [-0.2, 0) is 28.8 Å². The lowest BCUT2D eigenvalue weighted by atomic mass is 9.83. The quantitative estimate of drug-likeness (QED) is 0.245. The maximum atomic E-state index is 13.1. The van der Waals surface area contributed by atoms with Gasteiger partial charge in [-0.25, -0.2) is 0 Å². The first-order valence-electron chi connectivity index (χ1n) is 12.9. The summed E-state index contributed by atoms with van der Waals surface area (Å²) in [6.07, 6.45) is 5.80. The molecule has 0 spiro atoms. The molecule has 4 amide bonds. The van der Waals surface area contributed by atoms with E-state index in [2.05, 4.69) is 10.6 Å². The molecule has 0 radical (unpaired) electrons. The Morgan fingerprint density at radius 1 is 0.944 bits per heavy atom. The highest BCUT2D eigenvalue weighted by Crippen LogP contribution is 2.22. The molecule has 0 unspecified atom stereocenters. The van der Waals surface area contributed by atoms with E-state index in [1.165, 1.54) is 24.0 Å². The van der Waals surface area contributed by atoms with Crippen LogP contribution in [0.4, 0.5) is 0 Å². The molecule has 0 aromatic carbocycles. The van der Waals surface area contributed by atoms with E-state index in [1.807, 2.05) is 13.8 Å². The standard InChI is InChI=1S/C27H43N3O6/c1-18(2)21(17-20(32)11-8-7-9-16-30-23(33)13-14-24(30)34)26(36)29-22(25(35)27(4,5)6)12-10-15-28-19(3)31/h13-14,18,21-22H,7-12,15-17H2,1-6H3,(H,28,31)(H,29,36)/t21-,22-/m0/s1. The highest BCUT2D eigenvalue weighted by Gasteiger charge is 2.33. The molecule has 9 nitrogen and oxygen atoms in total. The molecule has 1 aliphatic heterocycles. The lowest BCUT2D eigenvalue weighted by molar-refractivity contribution is -0.137. The molecule has 1 aliphatic rings. The number of rotatable bonds is 16. The second kappa shape index (κ2) is 14.7. The van der Waals surface area contributed by atoms with Crippen molar-refractivity contribution >= 4 is 35.2 Å². The number of carbonyl (C=O) groups is 6. The Hall–Kier alpha value is -2.84. The molecule has 2 N–H and O–H groups in total. The molecular weight excluding hydrogens is 462 g/mol. The van der Waals surface area contributed by atoms with Gasteiger partial charge in [0, 0.05) is 56.3 Å². The summed E-state index contributed by atoms with van der Waals surface area (Å²) in [5.74, 6) is -1.81. The third kappa shape index (κ3) is 10.8. The largest absolute Gasteiger partial charge is 0.356 e. The van der Waals surface area contributed by atoms with E-state index < -0.39 is 17.4 Å². The van der Waals surface area contributed by atoms with Gasteiger partial charge in [0.25, 0.3) is 11.8 Å². The summed E-state index contributed by atoms with van der Waals surface area (Å²) in [5.41, 5.74) is -0.643. The fourth-order valence-corrected chi connectivity index (χ4v) is 4.04. The molecule has 0 fully saturated rings. The van der Waals surface area contributed by atoms with Crippen molar-refractivity contribution in [2.75, 3.05) is 13.1 Å². The van der Waals surface area contributed by atoms with Crippen LogP contribution in [-0.4, -0.2) is 59.2 Å². The molecule has 1 rings (SSSR count). The summed E-state index contributed by atoms with van der Waals surface area (Å²) >= 11 is 0. The first-order valence-corrected chi connectivity index (χ1v) is 12.9. The van der Waals surface area contributed by atoms with Gasteiger partial charge in [-0.15, -0.1) is 0 Å². The minimum atomic E-state index is -0.687. The van der Waals surface area contributed by atoms with E-state index in [4.69, 9.17) is 0 Å². The van der Waals surface area contributed by atoms with Crippen LogP contribution in [0.15, 0.2) is 12.2 Å². The fraction of sp³-hybridized carbons (Fsp3) is 0.704. The molecule has 1 heterocycles. The number of carbonyl (C=O) groups excluding carboxylic acids is 6. The van der Waals surface area contributed by atoms with Crippen LogP contribution in [0, 0.1) is 17.3 Å². The first-order chi connectivity index (χ1) is 16.7. The van der Waals surface area contributed by atoms with Gasteiger partial charge in [-0.3, -0.25) is 33.7 Å². The molecule has 0 saturated carbocycles. The summed E-state index contributed by atoms with van der Waals surface area (Å²) in [5, 5.41) is 5.59. The molecular formula is C27H43N3O6. The maximum Gasteiger partial charge on any atom is 0.253 e. The zero-order valence-electron chi connectivity index (χ0n) is 22.6. The number of Topliss-reactive ketones (excluding diaryl/α,β-unsaturated/α-hetero) is 2. The fourth-order valence-electron chi connectivity index (χ4n) is 4.04. The van der Waals surface area contributed by atoms with Gasteiger partial charge >= 0.3 is 0 Å². The van der Waals surface area contributed by atoms with Crippen molar-refractivity contribution in [3.05, 3.63) is 12.2 Å². The summed E-state index contributed by atoms with van der Waals surface area (Å²) in [6, 6.07) is -0.687. The van der Waals surface area contributed by atoms with Crippen LogP contribution in [0.1, 0.15) is 86.5 Å². The molecule has 0 bridgehead atoms. The average Bonchev–Trinajstić information content (AvgIpc) is 3.09. The molecule has 0 aromatic rings. The van der Waals surface area contributed by atoms with Gasteiger partial charge in [-0.1, -0.05) is 41.0 Å². The third-order valence-corrected chi connectivity index (χ3v) is 6.24. The third-order valence-electron chi connectivity index (χ3n) is 6.24. The smallest absolute Gasteiger partial charge is 0.253 e. The van der Waals surface area contributed by atoms with Crippen molar-refractivity contribution in [1.82, 2.24) is 15.5 Å². The Bertz CT molecular complexity index is 838. The minimum Gasteiger partial charge on any atom is -0.356 e.